The van der Waals surface area contributed by atoms with Gasteiger partial charge in [0, 0.05) is 31.0 Å². The summed E-state index contributed by atoms with van der Waals surface area (Å²) in [5.41, 5.74) is 1.21. The zero-order valence-corrected chi connectivity index (χ0v) is 12.6. The van der Waals surface area contributed by atoms with E-state index >= 15 is 0 Å². The summed E-state index contributed by atoms with van der Waals surface area (Å²) in [6.45, 7) is 5.55. The van der Waals surface area contributed by atoms with Gasteiger partial charge in [-0.3, -0.25) is 0 Å². The van der Waals surface area contributed by atoms with Crippen molar-refractivity contribution in [3.8, 4) is 5.75 Å². The van der Waals surface area contributed by atoms with Crippen LogP contribution in [0.2, 0.25) is 0 Å². The average molecular weight is 296 g/mol. The van der Waals surface area contributed by atoms with Crippen molar-refractivity contribution in [1.82, 2.24) is 14.9 Å². The molecule has 0 unspecified atom stereocenters. The predicted octanol–water partition coefficient (Wildman–Crippen LogP) is 2.88. The molecule has 0 saturated carbocycles. The van der Waals surface area contributed by atoms with E-state index in [1.54, 1.807) is 0 Å². The van der Waals surface area contributed by atoms with Crippen molar-refractivity contribution >= 4 is 12.4 Å². The van der Waals surface area contributed by atoms with Crippen LogP contribution in [0.3, 0.4) is 0 Å². The lowest BCUT2D eigenvalue weighted by Gasteiger charge is -2.11. The highest BCUT2D eigenvalue weighted by Crippen LogP contribution is 2.17. The Morgan fingerprint density at radius 2 is 2.15 bits per heavy atom. The number of benzene rings is 1. The highest BCUT2D eigenvalue weighted by molar-refractivity contribution is 5.85. The predicted molar refractivity (Wildman–Crippen MR) is 83.4 cm³/mol. The SMILES string of the molecule is CCOc1ccccc1CNCCCn1ccnc1.Cl. The number of nitrogens with zero attached hydrogens (tertiary/aromatic N) is 2. The Morgan fingerprint density at radius 3 is 2.90 bits per heavy atom. The maximum atomic E-state index is 5.60. The van der Waals surface area contributed by atoms with Gasteiger partial charge in [-0.05, 0) is 26.0 Å². The summed E-state index contributed by atoms with van der Waals surface area (Å²) in [4.78, 5) is 4.03. The second-order valence-electron chi connectivity index (χ2n) is 4.37. The molecule has 0 spiro atoms. The monoisotopic (exact) mass is 295 g/mol. The third-order valence-corrected chi connectivity index (χ3v) is 2.92. The van der Waals surface area contributed by atoms with Gasteiger partial charge < -0.3 is 14.6 Å². The van der Waals surface area contributed by atoms with Gasteiger partial charge in [-0.25, -0.2) is 4.98 Å². The molecule has 2 aromatic rings. The van der Waals surface area contributed by atoms with E-state index in [0.29, 0.717) is 6.61 Å². The van der Waals surface area contributed by atoms with E-state index < -0.39 is 0 Å². The van der Waals surface area contributed by atoms with Gasteiger partial charge >= 0.3 is 0 Å². The van der Waals surface area contributed by atoms with Crippen molar-refractivity contribution in [2.24, 2.45) is 0 Å². The fourth-order valence-electron chi connectivity index (χ4n) is 1.97. The van der Waals surface area contributed by atoms with Crippen LogP contribution in [0.15, 0.2) is 43.0 Å². The van der Waals surface area contributed by atoms with Crippen LogP contribution in [0.25, 0.3) is 0 Å². The Bertz CT molecular complexity index is 474. The lowest BCUT2D eigenvalue weighted by atomic mass is 10.2. The number of nitrogens with one attached hydrogen (secondary N) is 1. The van der Waals surface area contributed by atoms with Crippen LogP contribution >= 0.6 is 12.4 Å². The Labute approximate surface area is 126 Å². The molecule has 0 aliphatic heterocycles. The second-order valence-corrected chi connectivity index (χ2v) is 4.37. The minimum Gasteiger partial charge on any atom is -0.494 e. The topological polar surface area (TPSA) is 39.1 Å². The molecular weight excluding hydrogens is 274 g/mol. The first kappa shape index (κ1) is 16.5. The normalized spacial score (nSPS) is 10.1. The Morgan fingerprint density at radius 1 is 1.30 bits per heavy atom. The van der Waals surface area contributed by atoms with E-state index in [-0.39, 0.29) is 12.4 Å². The molecule has 20 heavy (non-hydrogen) atoms. The zero-order valence-electron chi connectivity index (χ0n) is 11.8. The van der Waals surface area contributed by atoms with Crippen molar-refractivity contribution in [3.63, 3.8) is 0 Å². The maximum absolute atomic E-state index is 5.60. The Balaban J connectivity index is 0.00000200. The number of halogens is 1. The van der Waals surface area contributed by atoms with Gasteiger partial charge in [0.15, 0.2) is 0 Å². The second kappa shape index (κ2) is 9.39. The van der Waals surface area contributed by atoms with Crippen LogP contribution in [0.1, 0.15) is 18.9 Å². The van der Waals surface area contributed by atoms with Crippen LogP contribution in [-0.2, 0) is 13.1 Å². The van der Waals surface area contributed by atoms with Gasteiger partial charge in [0.25, 0.3) is 0 Å². The summed E-state index contributed by atoms with van der Waals surface area (Å²) < 4.78 is 7.69. The molecule has 1 heterocycles. The summed E-state index contributed by atoms with van der Waals surface area (Å²) in [5.74, 6) is 0.979. The van der Waals surface area contributed by atoms with Crippen molar-refractivity contribution in [2.45, 2.75) is 26.4 Å². The molecule has 2 rings (SSSR count). The third kappa shape index (κ3) is 5.23. The van der Waals surface area contributed by atoms with Gasteiger partial charge in [0.1, 0.15) is 5.75 Å². The lowest BCUT2D eigenvalue weighted by molar-refractivity contribution is 0.335. The first-order valence-corrected chi connectivity index (χ1v) is 6.77. The molecule has 1 N–H and O–H groups in total. The van der Waals surface area contributed by atoms with E-state index in [9.17, 15) is 0 Å². The molecule has 1 aromatic carbocycles. The molecule has 0 aliphatic rings. The van der Waals surface area contributed by atoms with Crippen LogP contribution in [0.4, 0.5) is 0 Å². The fourth-order valence-corrected chi connectivity index (χ4v) is 1.97. The minimum atomic E-state index is 0. The number of imidazole rings is 1. The number of ether oxygens (including phenoxy) is 1. The van der Waals surface area contributed by atoms with Crippen LogP contribution in [0, 0.1) is 0 Å². The van der Waals surface area contributed by atoms with E-state index in [0.717, 1.165) is 31.8 Å². The molecule has 0 atom stereocenters. The highest BCUT2D eigenvalue weighted by Gasteiger charge is 2.01. The summed E-state index contributed by atoms with van der Waals surface area (Å²) in [7, 11) is 0. The van der Waals surface area contributed by atoms with Crippen LogP contribution < -0.4 is 10.1 Å². The van der Waals surface area contributed by atoms with Crippen molar-refractivity contribution in [3.05, 3.63) is 48.5 Å². The van der Waals surface area contributed by atoms with E-state index in [2.05, 4.69) is 20.9 Å². The number of hydrogen-bond acceptors (Lipinski definition) is 3. The molecule has 4 nitrogen and oxygen atoms in total. The maximum Gasteiger partial charge on any atom is 0.123 e. The van der Waals surface area contributed by atoms with Gasteiger partial charge in [0.05, 0.1) is 12.9 Å². The third-order valence-electron chi connectivity index (χ3n) is 2.92. The summed E-state index contributed by atoms with van der Waals surface area (Å²) >= 11 is 0. The number of rotatable bonds is 8. The quantitative estimate of drug-likeness (QED) is 0.761. The van der Waals surface area contributed by atoms with Crippen LogP contribution in [-0.4, -0.2) is 22.7 Å². The van der Waals surface area contributed by atoms with E-state index in [4.69, 9.17) is 4.74 Å². The molecule has 0 bridgehead atoms. The Hall–Kier alpha value is -1.52. The molecule has 0 aliphatic carbocycles. The van der Waals surface area contributed by atoms with Crippen molar-refractivity contribution < 1.29 is 4.74 Å². The summed E-state index contributed by atoms with van der Waals surface area (Å²) in [5, 5.41) is 3.45. The van der Waals surface area contributed by atoms with Crippen molar-refractivity contribution in [2.75, 3.05) is 13.2 Å². The number of para-hydroxylation sites is 1. The molecule has 5 heteroatoms. The minimum absolute atomic E-state index is 0. The zero-order chi connectivity index (χ0) is 13.3. The first-order chi connectivity index (χ1) is 9.40. The van der Waals surface area contributed by atoms with E-state index in [1.165, 1.54) is 5.56 Å². The standard InChI is InChI=1S/C15H21N3O.ClH/c1-2-19-15-7-4-3-6-14(15)12-16-8-5-10-18-11-9-17-13-18;/h3-4,6-7,9,11,13,16H,2,5,8,10,12H2,1H3;1H. The molecule has 0 saturated heterocycles. The largest absolute Gasteiger partial charge is 0.494 e. The molecule has 0 amide bonds. The number of hydrogen-bond donors (Lipinski definition) is 1. The fraction of sp³-hybridized carbons (Fsp3) is 0.400. The Kier molecular flexibility index (Phi) is 7.77. The first-order valence-electron chi connectivity index (χ1n) is 6.77. The van der Waals surface area contributed by atoms with Crippen molar-refractivity contribution in [1.29, 1.82) is 0 Å². The number of aromatic nitrogens is 2. The molecule has 0 radical (unpaired) electrons. The van der Waals surface area contributed by atoms with Gasteiger partial charge in [-0.15, -0.1) is 12.4 Å². The van der Waals surface area contributed by atoms with Gasteiger partial charge in [0.2, 0.25) is 0 Å². The van der Waals surface area contributed by atoms with Gasteiger partial charge in [-0.1, -0.05) is 18.2 Å². The van der Waals surface area contributed by atoms with Gasteiger partial charge in [-0.2, -0.15) is 0 Å². The number of aryl methyl sites for hydroxylation is 1. The molecule has 0 fully saturated rings. The average Bonchev–Trinajstić information content (AvgIpc) is 2.94. The molecular formula is C15H22ClN3O. The molecule has 110 valence electrons. The lowest BCUT2D eigenvalue weighted by Crippen LogP contribution is -2.17. The summed E-state index contributed by atoms with van der Waals surface area (Å²) in [6.07, 6.45) is 6.74. The smallest absolute Gasteiger partial charge is 0.123 e. The molecule has 1 aromatic heterocycles. The van der Waals surface area contributed by atoms with Crippen LogP contribution in [0.5, 0.6) is 5.75 Å². The van der Waals surface area contributed by atoms with E-state index in [1.807, 2.05) is 43.8 Å². The summed E-state index contributed by atoms with van der Waals surface area (Å²) in [6, 6.07) is 8.18. The highest BCUT2D eigenvalue weighted by atomic mass is 35.5.